The first-order chi connectivity index (χ1) is 12.1. The molecule has 26 heavy (non-hydrogen) atoms. The van der Waals surface area contributed by atoms with Crippen LogP contribution in [0.2, 0.25) is 0 Å². The summed E-state index contributed by atoms with van der Waals surface area (Å²) in [4.78, 5) is 37.7. The highest BCUT2D eigenvalue weighted by molar-refractivity contribution is 6.52. The van der Waals surface area contributed by atoms with E-state index in [0.717, 1.165) is 0 Å². The summed E-state index contributed by atoms with van der Waals surface area (Å²) in [5.74, 6) is -3.64. The zero-order chi connectivity index (χ0) is 19.5. The topological polar surface area (TPSA) is 101 Å². The second-order valence-corrected chi connectivity index (χ2v) is 7.22. The van der Waals surface area contributed by atoms with Gasteiger partial charge in [-0.3, -0.25) is 14.4 Å². The molecule has 2 N–H and O–H groups in total. The van der Waals surface area contributed by atoms with Gasteiger partial charge in [0, 0.05) is 16.7 Å². The van der Waals surface area contributed by atoms with Crippen molar-refractivity contribution >= 4 is 23.3 Å². The van der Waals surface area contributed by atoms with E-state index >= 15 is 0 Å². The van der Waals surface area contributed by atoms with Gasteiger partial charge < -0.3 is 14.9 Å². The molecule has 3 rings (SSSR count). The Morgan fingerprint density at radius 2 is 1.77 bits per heavy atom. The number of fused-ring (bicyclic) bond motifs is 2. The molecule has 1 aromatic rings. The van der Waals surface area contributed by atoms with Crippen molar-refractivity contribution < 1.29 is 29.3 Å². The maximum absolute atomic E-state index is 12.7. The Balaban J connectivity index is 2.45. The molecule has 1 unspecified atom stereocenters. The van der Waals surface area contributed by atoms with Gasteiger partial charge in [0.25, 0.3) is 0 Å². The maximum Gasteiger partial charge on any atom is 0.322 e. The van der Waals surface area contributed by atoms with Crippen molar-refractivity contribution in [1.29, 1.82) is 0 Å². The van der Waals surface area contributed by atoms with Crippen LogP contribution in [0, 0.1) is 12.8 Å². The monoisotopic (exact) mass is 356 g/mol. The molecule has 0 amide bonds. The smallest absolute Gasteiger partial charge is 0.322 e. The number of ketones is 2. The highest BCUT2D eigenvalue weighted by Crippen LogP contribution is 2.53. The third-order valence-corrected chi connectivity index (χ3v) is 5.18. The normalized spacial score (nSPS) is 21.8. The van der Waals surface area contributed by atoms with Gasteiger partial charge in [0.05, 0.1) is 11.0 Å². The Morgan fingerprint density at radius 1 is 1.15 bits per heavy atom. The number of Topliss-reactive ketones (excluding diaryl/α,β-unsaturated/α-hetero) is 2. The van der Waals surface area contributed by atoms with Gasteiger partial charge in [-0.1, -0.05) is 19.9 Å². The molecule has 1 atom stereocenters. The molecular weight excluding hydrogens is 336 g/mol. The Hall–Kier alpha value is -2.89. The zero-order valence-corrected chi connectivity index (χ0v) is 15.1. The lowest BCUT2D eigenvalue weighted by atomic mass is 9.73. The third-order valence-electron chi connectivity index (χ3n) is 5.18. The van der Waals surface area contributed by atoms with Crippen molar-refractivity contribution in [2.75, 3.05) is 0 Å². The van der Waals surface area contributed by atoms with Crippen LogP contribution >= 0.6 is 0 Å². The average molecular weight is 356 g/mol. The molecular formula is C20H20O6. The standard InChI is InChI=1S/C20H20O6/c1-6-7-20(5)13-9(4)11-12(17(24)18(13)26-19(20)25)14(21)10(8(2)3)15(22)16(11)23/h6,8,21,24H,1,7H2,2-5H3. The molecule has 0 aromatic heterocycles. The molecule has 0 bridgehead atoms. The quantitative estimate of drug-likeness (QED) is 0.373. The Labute approximate surface area is 150 Å². The lowest BCUT2D eigenvalue weighted by molar-refractivity contribution is -0.137. The number of hydrogen-bond acceptors (Lipinski definition) is 6. The molecule has 2 aliphatic rings. The SMILES string of the molecule is C=CCC1(C)C(=O)Oc2c(O)c3c(c(C)c21)C(=O)C(=O)C(C(C)C)=C3O. The minimum atomic E-state index is -1.13. The second kappa shape index (κ2) is 5.56. The maximum atomic E-state index is 12.7. The summed E-state index contributed by atoms with van der Waals surface area (Å²) in [6.07, 6.45) is 1.78. The number of aromatic hydroxyl groups is 1. The third kappa shape index (κ3) is 2.01. The molecule has 1 aromatic carbocycles. The van der Waals surface area contributed by atoms with Gasteiger partial charge in [0.2, 0.25) is 11.6 Å². The lowest BCUT2D eigenvalue weighted by Crippen LogP contribution is -2.32. The molecule has 6 heteroatoms. The van der Waals surface area contributed by atoms with Gasteiger partial charge in [0.1, 0.15) is 5.76 Å². The summed E-state index contributed by atoms with van der Waals surface area (Å²) >= 11 is 0. The van der Waals surface area contributed by atoms with Gasteiger partial charge in [-0.25, -0.2) is 0 Å². The van der Waals surface area contributed by atoms with E-state index < -0.39 is 40.4 Å². The molecule has 1 aliphatic heterocycles. The number of esters is 1. The summed E-state index contributed by atoms with van der Waals surface area (Å²) < 4.78 is 5.29. The lowest BCUT2D eigenvalue weighted by Gasteiger charge is -2.26. The van der Waals surface area contributed by atoms with Crippen LogP contribution in [0.15, 0.2) is 18.2 Å². The predicted octanol–water partition coefficient (Wildman–Crippen LogP) is 3.14. The first-order valence-electron chi connectivity index (χ1n) is 8.33. The van der Waals surface area contributed by atoms with Gasteiger partial charge in [-0.15, -0.1) is 6.58 Å². The van der Waals surface area contributed by atoms with Gasteiger partial charge in [-0.2, -0.15) is 0 Å². The summed E-state index contributed by atoms with van der Waals surface area (Å²) in [7, 11) is 0. The van der Waals surface area contributed by atoms with Crippen LogP contribution < -0.4 is 4.74 Å². The molecule has 0 radical (unpaired) electrons. The largest absolute Gasteiger partial charge is 0.507 e. The second-order valence-electron chi connectivity index (χ2n) is 7.22. The van der Waals surface area contributed by atoms with Crippen molar-refractivity contribution in [3.8, 4) is 11.5 Å². The van der Waals surface area contributed by atoms with E-state index in [1.54, 1.807) is 33.8 Å². The number of allylic oxidation sites excluding steroid dienone is 2. The number of benzene rings is 1. The number of aliphatic hydroxyl groups excluding tert-OH is 1. The van der Waals surface area contributed by atoms with E-state index in [4.69, 9.17) is 4.74 Å². The summed E-state index contributed by atoms with van der Waals surface area (Å²) in [5, 5.41) is 21.3. The van der Waals surface area contributed by atoms with E-state index in [2.05, 4.69) is 6.58 Å². The first-order valence-corrected chi connectivity index (χ1v) is 8.33. The van der Waals surface area contributed by atoms with Crippen LogP contribution in [-0.4, -0.2) is 27.7 Å². The molecule has 136 valence electrons. The molecule has 1 aliphatic carbocycles. The summed E-state index contributed by atoms with van der Waals surface area (Å²) in [5.41, 5.74) is -0.729. The molecule has 0 fully saturated rings. The fraction of sp³-hybridized carbons (Fsp3) is 0.350. The zero-order valence-electron chi connectivity index (χ0n) is 15.1. The molecule has 6 nitrogen and oxygen atoms in total. The number of phenols is 1. The van der Waals surface area contributed by atoms with Crippen molar-refractivity contribution in [1.82, 2.24) is 0 Å². The predicted molar refractivity (Wildman–Crippen MR) is 94.4 cm³/mol. The Bertz CT molecular complexity index is 934. The van der Waals surface area contributed by atoms with E-state index in [1.165, 1.54) is 0 Å². The van der Waals surface area contributed by atoms with Crippen molar-refractivity contribution in [3.63, 3.8) is 0 Å². The van der Waals surface area contributed by atoms with E-state index in [1.807, 2.05) is 0 Å². The fourth-order valence-corrected chi connectivity index (χ4v) is 3.91. The molecule has 0 saturated heterocycles. The van der Waals surface area contributed by atoms with Crippen LogP contribution in [0.5, 0.6) is 11.5 Å². The van der Waals surface area contributed by atoms with Crippen LogP contribution in [0.4, 0.5) is 0 Å². The van der Waals surface area contributed by atoms with Crippen molar-refractivity contribution in [3.05, 3.63) is 40.5 Å². The molecule has 0 saturated carbocycles. The fourth-order valence-electron chi connectivity index (χ4n) is 3.91. The summed E-state index contributed by atoms with van der Waals surface area (Å²) in [6.45, 7) is 10.2. The van der Waals surface area contributed by atoms with E-state index in [9.17, 15) is 24.6 Å². The Kier molecular flexibility index (Phi) is 3.83. The average Bonchev–Trinajstić information content (AvgIpc) is 2.81. The van der Waals surface area contributed by atoms with Gasteiger partial charge >= 0.3 is 5.97 Å². The molecule has 0 spiro atoms. The summed E-state index contributed by atoms with van der Waals surface area (Å²) in [6, 6.07) is 0. The number of ether oxygens (including phenoxy) is 1. The minimum Gasteiger partial charge on any atom is -0.507 e. The number of carbonyl (C=O) groups excluding carboxylic acids is 3. The van der Waals surface area contributed by atoms with Gasteiger partial charge in [-0.05, 0) is 31.7 Å². The van der Waals surface area contributed by atoms with Crippen molar-refractivity contribution in [2.24, 2.45) is 5.92 Å². The van der Waals surface area contributed by atoms with E-state index in [-0.39, 0.29) is 28.9 Å². The number of rotatable bonds is 3. The number of phenolic OH excluding ortho intramolecular Hbond substituents is 1. The number of carbonyl (C=O) groups is 3. The Morgan fingerprint density at radius 3 is 2.31 bits per heavy atom. The van der Waals surface area contributed by atoms with Crippen molar-refractivity contribution in [2.45, 2.75) is 39.5 Å². The van der Waals surface area contributed by atoms with Gasteiger partial charge in [0.15, 0.2) is 11.5 Å². The van der Waals surface area contributed by atoms with Crippen LogP contribution in [0.25, 0.3) is 5.76 Å². The highest BCUT2D eigenvalue weighted by atomic mass is 16.5. The number of aliphatic hydroxyl groups is 1. The van der Waals surface area contributed by atoms with Crippen LogP contribution in [-0.2, 0) is 15.0 Å². The first kappa shape index (κ1) is 17.9. The van der Waals surface area contributed by atoms with Crippen LogP contribution in [0.1, 0.15) is 54.2 Å². The minimum absolute atomic E-state index is 0.0599. The van der Waals surface area contributed by atoms with Crippen LogP contribution in [0.3, 0.4) is 0 Å². The highest BCUT2D eigenvalue weighted by Gasteiger charge is 2.50. The number of hydrogen-bond donors (Lipinski definition) is 2. The molecule has 1 heterocycles. The van der Waals surface area contributed by atoms with E-state index in [0.29, 0.717) is 11.1 Å².